The first kappa shape index (κ1) is 16.5. The summed E-state index contributed by atoms with van der Waals surface area (Å²) in [6.45, 7) is 4.27. The first-order valence-electron chi connectivity index (χ1n) is 6.76. The number of halogens is 2. The van der Waals surface area contributed by atoms with Crippen LogP contribution >= 0.6 is 31.9 Å². The summed E-state index contributed by atoms with van der Waals surface area (Å²) in [5, 5.41) is 11.3. The van der Waals surface area contributed by atoms with Crippen molar-refractivity contribution in [1.82, 2.24) is 20.1 Å². The normalized spacial score (nSPS) is 10.9. The molecule has 0 fully saturated rings. The Bertz CT molecular complexity index is 577. The van der Waals surface area contributed by atoms with E-state index in [0.29, 0.717) is 6.61 Å². The molecule has 0 atom stereocenters. The zero-order valence-electron chi connectivity index (χ0n) is 12.1. The molecule has 0 radical (unpaired) electrons. The second-order valence-corrected chi connectivity index (χ2v) is 6.32. The molecule has 5 nitrogen and oxygen atoms in total. The zero-order valence-corrected chi connectivity index (χ0v) is 15.2. The van der Waals surface area contributed by atoms with E-state index in [1.54, 1.807) is 6.33 Å². The molecular weight excluding hydrogens is 400 g/mol. The van der Waals surface area contributed by atoms with Crippen molar-refractivity contribution in [1.29, 1.82) is 0 Å². The molecule has 2 rings (SSSR count). The average Bonchev–Trinajstić information content (AvgIpc) is 2.84. The highest BCUT2D eigenvalue weighted by Gasteiger charge is 2.08. The second-order valence-electron chi connectivity index (χ2n) is 4.61. The van der Waals surface area contributed by atoms with Gasteiger partial charge in [-0.15, -0.1) is 10.2 Å². The highest BCUT2D eigenvalue weighted by Crippen LogP contribution is 2.34. The third kappa shape index (κ3) is 4.52. The molecular formula is C14H18Br2N4O. The highest BCUT2D eigenvalue weighted by molar-refractivity contribution is 9.11. The van der Waals surface area contributed by atoms with Gasteiger partial charge in [0.05, 0.1) is 15.6 Å². The summed E-state index contributed by atoms with van der Waals surface area (Å²) in [6.07, 6.45) is 2.58. The number of hydrogen-bond acceptors (Lipinski definition) is 4. The first-order valence-corrected chi connectivity index (χ1v) is 8.34. The Hall–Kier alpha value is -0.920. The molecule has 1 aromatic heterocycles. The van der Waals surface area contributed by atoms with Gasteiger partial charge in [-0.25, -0.2) is 0 Å². The van der Waals surface area contributed by atoms with Crippen LogP contribution in [0.15, 0.2) is 27.4 Å². The standard InChI is InChI=1S/C14H18Br2N4O/c1-3-21-14-11(15)6-10(7-12(14)16)8-17-5-4-13-19-18-9-20(13)2/h6-7,9,17H,3-5,8H2,1-2H3. The molecule has 114 valence electrons. The van der Waals surface area contributed by atoms with E-state index < -0.39 is 0 Å². The highest BCUT2D eigenvalue weighted by atomic mass is 79.9. The second kappa shape index (κ2) is 7.91. The van der Waals surface area contributed by atoms with Gasteiger partial charge in [-0.3, -0.25) is 0 Å². The van der Waals surface area contributed by atoms with Gasteiger partial charge in [-0.2, -0.15) is 0 Å². The lowest BCUT2D eigenvalue weighted by atomic mass is 10.2. The van der Waals surface area contributed by atoms with Crippen molar-refractivity contribution in [2.75, 3.05) is 13.2 Å². The molecule has 1 aromatic carbocycles. The van der Waals surface area contributed by atoms with Gasteiger partial charge in [0.15, 0.2) is 0 Å². The molecule has 2 aromatic rings. The van der Waals surface area contributed by atoms with Crippen molar-refractivity contribution in [2.24, 2.45) is 7.05 Å². The van der Waals surface area contributed by atoms with E-state index in [4.69, 9.17) is 4.74 Å². The molecule has 21 heavy (non-hydrogen) atoms. The minimum atomic E-state index is 0.645. The summed E-state index contributed by atoms with van der Waals surface area (Å²) in [6, 6.07) is 4.15. The van der Waals surface area contributed by atoms with Crippen molar-refractivity contribution in [3.8, 4) is 5.75 Å². The monoisotopic (exact) mass is 416 g/mol. The lowest BCUT2D eigenvalue weighted by Crippen LogP contribution is -2.18. The fourth-order valence-corrected chi connectivity index (χ4v) is 3.47. The number of benzene rings is 1. The van der Waals surface area contributed by atoms with Crippen molar-refractivity contribution in [3.05, 3.63) is 38.8 Å². The van der Waals surface area contributed by atoms with Crippen LogP contribution in [0, 0.1) is 0 Å². The molecule has 0 saturated carbocycles. The lowest BCUT2D eigenvalue weighted by molar-refractivity contribution is 0.336. The van der Waals surface area contributed by atoms with Crippen molar-refractivity contribution in [3.63, 3.8) is 0 Å². The Balaban J connectivity index is 1.87. The predicted octanol–water partition coefficient (Wildman–Crippen LogP) is 3.07. The molecule has 0 bridgehead atoms. The van der Waals surface area contributed by atoms with Crippen molar-refractivity contribution < 1.29 is 4.74 Å². The smallest absolute Gasteiger partial charge is 0.147 e. The van der Waals surface area contributed by atoms with E-state index in [1.807, 2.05) is 18.5 Å². The minimum absolute atomic E-state index is 0.645. The third-order valence-electron chi connectivity index (χ3n) is 3.01. The van der Waals surface area contributed by atoms with Gasteiger partial charge in [-0.05, 0) is 56.5 Å². The van der Waals surface area contributed by atoms with Crippen LogP contribution in [0.5, 0.6) is 5.75 Å². The van der Waals surface area contributed by atoms with Crippen LogP contribution in [-0.2, 0) is 20.0 Å². The van der Waals surface area contributed by atoms with Gasteiger partial charge >= 0.3 is 0 Å². The Morgan fingerprint density at radius 1 is 1.29 bits per heavy atom. The van der Waals surface area contributed by atoms with Gasteiger partial charge in [0.1, 0.15) is 17.9 Å². The maximum atomic E-state index is 5.58. The number of rotatable bonds is 7. The fraction of sp³-hybridized carbons (Fsp3) is 0.429. The Labute approximate surface area is 141 Å². The molecule has 7 heteroatoms. The van der Waals surface area contributed by atoms with Gasteiger partial charge in [0, 0.05) is 26.6 Å². The third-order valence-corrected chi connectivity index (χ3v) is 4.18. The summed E-state index contributed by atoms with van der Waals surface area (Å²) in [4.78, 5) is 0. The van der Waals surface area contributed by atoms with E-state index in [0.717, 1.165) is 40.0 Å². The van der Waals surface area contributed by atoms with Crippen molar-refractivity contribution >= 4 is 31.9 Å². The molecule has 0 amide bonds. The molecule has 0 aliphatic rings. The molecule has 0 spiro atoms. The summed E-state index contributed by atoms with van der Waals surface area (Å²) >= 11 is 7.09. The first-order chi connectivity index (χ1) is 10.1. The summed E-state index contributed by atoms with van der Waals surface area (Å²) < 4.78 is 9.44. The van der Waals surface area contributed by atoms with Crippen LogP contribution in [0.3, 0.4) is 0 Å². The number of aryl methyl sites for hydroxylation is 1. The van der Waals surface area contributed by atoms with Crippen LogP contribution in [0.4, 0.5) is 0 Å². The number of nitrogens with one attached hydrogen (secondary N) is 1. The average molecular weight is 418 g/mol. The molecule has 0 saturated heterocycles. The summed E-state index contributed by atoms with van der Waals surface area (Å²) in [5.74, 6) is 1.83. The Morgan fingerprint density at radius 2 is 2.00 bits per heavy atom. The molecule has 1 N–H and O–H groups in total. The SMILES string of the molecule is CCOc1c(Br)cc(CNCCc2nncn2C)cc1Br. The van der Waals surface area contributed by atoms with Crippen molar-refractivity contribution in [2.45, 2.75) is 19.9 Å². The molecule has 0 aliphatic carbocycles. The van der Waals surface area contributed by atoms with Crippen LogP contribution in [0.25, 0.3) is 0 Å². The topological polar surface area (TPSA) is 52.0 Å². The van der Waals surface area contributed by atoms with Crippen LogP contribution in [0.2, 0.25) is 0 Å². The predicted molar refractivity (Wildman–Crippen MR) is 89.4 cm³/mol. The van der Waals surface area contributed by atoms with Gasteiger partial charge in [0.2, 0.25) is 0 Å². The molecule has 1 heterocycles. The summed E-state index contributed by atoms with van der Waals surface area (Å²) in [7, 11) is 1.95. The number of aromatic nitrogens is 3. The maximum Gasteiger partial charge on any atom is 0.147 e. The van der Waals surface area contributed by atoms with Gasteiger partial charge < -0.3 is 14.6 Å². The number of ether oxygens (including phenoxy) is 1. The van der Waals surface area contributed by atoms with E-state index in [2.05, 4.69) is 59.5 Å². The van der Waals surface area contributed by atoms with E-state index in [9.17, 15) is 0 Å². The van der Waals surface area contributed by atoms with E-state index >= 15 is 0 Å². The number of hydrogen-bond donors (Lipinski definition) is 1. The lowest BCUT2D eigenvalue weighted by Gasteiger charge is -2.11. The van der Waals surface area contributed by atoms with Gasteiger partial charge in [-0.1, -0.05) is 0 Å². The summed E-state index contributed by atoms with van der Waals surface area (Å²) in [5.41, 5.74) is 1.19. The maximum absolute atomic E-state index is 5.58. The van der Waals surface area contributed by atoms with E-state index in [-0.39, 0.29) is 0 Å². The Morgan fingerprint density at radius 3 is 2.57 bits per heavy atom. The van der Waals surface area contributed by atoms with Crippen LogP contribution in [-0.4, -0.2) is 27.9 Å². The van der Waals surface area contributed by atoms with E-state index in [1.165, 1.54) is 5.56 Å². The minimum Gasteiger partial charge on any atom is -0.492 e. The fourth-order valence-electron chi connectivity index (χ4n) is 1.96. The van der Waals surface area contributed by atoms with Crippen LogP contribution < -0.4 is 10.1 Å². The molecule has 0 aliphatic heterocycles. The zero-order chi connectivity index (χ0) is 15.2. The largest absolute Gasteiger partial charge is 0.492 e. The Kier molecular flexibility index (Phi) is 6.20. The number of nitrogens with zero attached hydrogens (tertiary/aromatic N) is 3. The van der Waals surface area contributed by atoms with Crippen LogP contribution in [0.1, 0.15) is 18.3 Å². The quantitative estimate of drug-likeness (QED) is 0.703. The molecule has 0 unspecified atom stereocenters. The van der Waals surface area contributed by atoms with Gasteiger partial charge in [0.25, 0.3) is 0 Å².